The van der Waals surface area contributed by atoms with Crippen LogP contribution in [0.15, 0.2) is 18.2 Å². The Morgan fingerprint density at radius 3 is 2.24 bits per heavy atom. The number of hydrogen-bond donors (Lipinski definition) is 1. The molecular weight excluding hydrogens is 383 g/mol. The number of alkyl halides is 3. The normalized spacial score (nSPS) is 16.8. The molecule has 1 aromatic rings. The topological polar surface area (TPSA) is 24.5 Å². The number of nitrogens with zero attached hydrogens (tertiary/aromatic N) is 1. The summed E-state index contributed by atoms with van der Waals surface area (Å²) < 4.78 is 54.4. The summed E-state index contributed by atoms with van der Waals surface area (Å²) in [5.74, 6) is -1.38. The number of benzene rings is 1. The van der Waals surface area contributed by atoms with Gasteiger partial charge >= 0.3 is 6.36 Å². The lowest BCUT2D eigenvalue weighted by atomic mass is 9.95. The van der Waals surface area contributed by atoms with Crippen molar-refractivity contribution in [3.8, 4) is 5.75 Å². The van der Waals surface area contributed by atoms with Gasteiger partial charge in [-0.15, -0.1) is 38.0 Å². The molecule has 0 amide bonds. The summed E-state index contributed by atoms with van der Waals surface area (Å²) in [5.41, 5.74) is 0.688. The van der Waals surface area contributed by atoms with Crippen LogP contribution in [0.5, 0.6) is 5.75 Å². The lowest BCUT2D eigenvalue weighted by molar-refractivity contribution is -0.275. The largest absolute Gasteiger partial charge is 0.573 e. The van der Waals surface area contributed by atoms with Gasteiger partial charge in [0.2, 0.25) is 0 Å². The smallest absolute Gasteiger partial charge is 0.403 e. The summed E-state index contributed by atoms with van der Waals surface area (Å²) in [6.45, 7) is 7.53. The lowest BCUT2D eigenvalue weighted by Crippen LogP contribution is -2.45. The molecule has 0 saturated carbocycles. The predicted octanol–water partition coefficient (Wildman–Crippen LogP) is 4.56. The minimum absolute atomic E-state index is 0. The van der Waals surface area contributed by atoms with Crippen molar-refractivity contribution in [3.63, 3.8) is 0 Å². The number of nitrogens with one attached hydrogen (secondary N) is 1. The number of halogens is 6. The molecule has 0 aliphatic carbocycles. The van der Waals surface area contributed by atoms with E-state index in [0.29, 0.717) is 11.5 Å². The van der Waals surface area contributed by atoms with Crippen molar-refractivity contribution in [3.05, 3.63) is 29.6 Å². The van der Waals surface area contributed by atoms with E-state index in [1.165, 1.54) is 6.07 Å². The van der Waals surface area contributed by atoms with Crippen LogP contribution in [-0.2, 0) is 0 Å². The molecule has 1 saturated heterocycles. The first kappa shape index (κ1) is 24.2. The number of piperazine rings is 1. The van der Waals surface area contributed by atoms with Crippen LogP contribution in [-0.4, -0.2) is 37.4 Å². The highest BCUT2D eigenvalue weighted by Gasteiger charge is 2.33. The zero-order valence-corrected chi connectivity index (χ0v) is 15.7. The highest BCUT2D eigenvalue weighted by Crippen LogP contribution is 2.32. The average Bonchev–Trinajstić information content (AvgIpc) is 2.46. The molecule has 1 N–H and O–H groups in total. The van der Waals surface area contributed by atoms with Crippen LogP contribution in [0.4, 0.5) is 17.6 Å². The minimum atomic E-state index is -4.89. The van der Waals surface area contributed by atoms with Crippen molar-refractivity contribution in [2.75, 3.05) is 26.2 Å². The van der Waals surface area contributed by atoms with Crippen LogP contribution in [0, 0.1) is 11.7 Å². The van der Waals surface area contributed by atoms with E-state index in [1.807, 2.05) is 0 Å². The summed E-state index contributed by atoms with van der Waals surface area (Å²) in [7, 11) is 0. The zero-order chi connectivity index (χ0) is 17.0. The van der Waals surface area contributed by atoms with Gasteiger partial charge in [0.25, 0.3) is 0 Å². The Labute approximate surface area is 157 Å². The molecule has 2 rings (SSSR count). The van der Waals surface area contributed by atoms with Crippen LogP contribution in [0.25, 0.3) is 0 Å². The van der Waals surface area contributed by atoms with Gasteiger partial charge in [-0.1, -0.05) is 19.9 Å². The maximum atomic E-state index is 14.0. The summed E-state index contributed by atoms with van der Waals surface area (Å²) in [5, 5.41) is 3.26. The minimum Gasteiger partial charge on any atom is -0.403 e. The highest BCUT2D eigenvalue weighted by atomic mass is 35.5. The maximum absolute atomic E-state index is 14.0. The Bertz CT molecular complexity index is 523. The van der Waals surface area contributed by atoms with Crippen molar-refractivity contribution in [1.82, 2.24) is 10.2 Å². The van der Waals surface area contributed by atoms with Crippen LogP contribution in [0.2, 0.25) is 0 Å². The summed E-state index contributed by atoms with van der Waals surface area (Å²) in [6.07, 6.45) is -4.07. The maximum Gasteiger partial charge on any atom is 0.573 e. The second-order valence-electron chi connectivity index (χ2n) is 6.17. The molecule has 1 aliphatic heterocycles. The summed E-state index contributed by atoms with van der Waals surface area (Å²) in [4.78, 5) is 2.25. The molecule has 1 atom stereocenters. The SMILES string of the molecule is CC(C)C[C@H](c1ccc(OC(F)(F)F)c(F)c1)N1CCNCC1.Cl.Cl. The third kappa shape index (κ3) is 7.56. The molecule has 1 fully saturated rings. The van der Waals surface area contributed by atoms with Crippen molar-refractivity contribution in [2.45, 2.75) is 32.7 Å². The third-order valence-electron chi connectivity index (χ3n) is 3.85. The Kier molecular flexibility index (Phi) is 10.1. The van der Waals surface area contributed by atoms with E-state index in [-0.39, 0.29) is 30.9 Å². The van der Waals surface area contributed by atoms with Gasteiger partial charge in [-0.05, 0) is 30.0 Å². The fourth-order valence-electron chi connectivity index (χ4n) is 2.87. The predicted molar refractivity (Wildman–Crippen MR) is 94.2 cm³/mol. The Hall–Kier alpha value is -0.760. The van der Waals surface area contributed by atoms with E-state index in [0.717, 1.165) is 44.7 Å². The standard InChI is InChI=1S/C16H22F4N2O.2ClH/c1-11(2)9-14(22-7-5-21-6-8-22)12-3-4-15(13(17)10-12)23-16(18,19)20;;/h3-4,10-11,14,21H,5-9H2,1-2H3;2*1H/t14-;;/m1../s1. The molecule has 25 heavy (non-hydrogen) atoms. The first-order valence-electron chi connectivity index (χ1n) is 7.76. The second-order valence-corrected chi connectivity index (χ2v) is 6.17. The molecular formula is C16H24Cl2F4N2O. The van der Waals surface area contributed by atoms with Gasteiger partial charge in [-0.25, -0.2) is 4.39 Å². The summed E-state index contributed by atoms with van der Waals surface area (Å²) in [6, 6.07) is 3.75. The second kappa shape index (κ2) is 10.4. The van der Waals surface area contributed by atoms with E-state index in [9.17, 15) is 17.6 Å². The molecule has 3 nitrogen and oxygen atoms in total. The molecule has 0 aromatic heterocycles. The van der Waals surface area contributed by atoms with Crippen molar-refractivity contribution in [1.29, 1.82) is 0 Å². The Balaban J connectivity index is 0.00000288. The summed E-state index contributed by atoms with van der Waals surface area (Å²) >= 11 is 0. The molecule has 9 heteroatoms. The average molecular weight is 407 g/mol. The molecule has 0 bridgehead atoms. The van der Waals surface area contributed by atoms with E-state index in [1.54, 1.807) is 0 Å². The van der Waals surface area contributed by atoms with Crippen molar-refractivity contribution >= 4 is 24.8 Å². The van der Waals surface area contributed by atoms with E-state index < -0.39 is 17.9 Å². The first-order valence-corrected chi connectivity index (χ1v) is 7.76. The fraction of sp³-hybridized carbons (Fsp3) is 0.625. The van der Waals surface area contributed by atoms with Gasteiger partial charge in [0, 0.05) is 32.2 Å². The van der Waals surface area contributed by atoms with Crippen LogP contribution < -0.4 is 10.1 Å². The van der Waals surface area contributed by atoms with Crippen LogP contribution >= 0.6 is 24.8 Å². The molecule has 1 aliphatic rings. The van der Waals surface area contributed by atoms with E-state index in [4.69, 9.17) is 0 Å². The molecule has 146 valence electrons. The van der Waals surface area contributed by atoms with Gasteiger partial charge in [-0.3, -0.25) is 4.90 Å². The molecule has 0 radical (unpaired) electrons. The van der Waals surface area contributed by atoms with Gasteiger partial charge in [0.05, 0.1) is 0 Å². The fourth-order valence-corrected chi connectivity index (χ4v) is 2.87. The monoisotopic (exact) mass is 406 g/mol. The van der Waals surface area contributed by atoms with Gasteiger partial charge in [0.1, 0.15) is 0 Å². The van der Waals surface area contributed by atoms with Gasteiger partial charge in [0.15, 0.2) is 11.6 Å². The Morgan fingerprint density at radius 1 is 1.16 bits per heavy atom. The molecule has 1 aromatic carbocycles. The quantitative estimate of drug-likeness (QED) is 0.725. The van der Waals surface area contributed by atoms with Crippen LogP contribution in [0.3, 0.4) is 0 Å². The van der Waals surface area contributed by atoms with E-state index in [2.05, 4.69) is 28.8 Å². The molecule has 0 spiro atoms. The highest BCUT2D eigenvalue weighted by molar-refractivity contribution is 5.85. The molecule has 1 heterocycles. The van der Waals surface area contributed by atoms with E-state index >= 15 is 0 Å². The number of ether oxygens (including phenoxy) is 1. The Morgan fingerprint density at radius 2 is 1.76 bits per heavy atom. The number of rotatable bonds is 5. The van der Waals surface area contributed by atoms with Crippen molar-refractivity contribution < 1.29 is 22.3 Å². The zero-order valence-electron chi connectivity index (χ0n) is 14.1. The lowest BCUT2D eigenvalue weighted by Gasteiger charge is -2.36. The van der Waals surface area contributed by atoms with Gasteiger partial charge < -0.3 is 10.1 Å². The third-order valence-corrected chi connectivity index (χ3v) is 3.85. The van der Waals surface area contributed by atoms with Crippen LogP contribution in [0.1, 0.15) is 31.9 Å². The van der Waals surface area contributed by atoms with Crippen molar-refractivity contribution in [2.24, 2.45) is 5.92 Å². The molecule has 0 unspecified atom stereocenters. The number of hydrogen-bond acceptors (Lipinski definition) is 3. The van der Waals surface area contributed by atoms with Gasteiger partial charge in [-0.2, -0.15) is 0 Å². The first-order chi connectivity index (χ1) is 10.8.